The summed E-state index contributed by atoms with van der Waals surface area (Å²) in [7, 11) is 2.00. The molecule has 3 aromatic rings. The van der Waals surface area contributed by atoms with Crippen LogP contribution in [0.15, 0.2) is 60.9 Å². The van der Waals surface area contributed by atoms with Gasteiger partial charge in [-0.2, -0.15) is 0 Å². The van der Waals surface area contributed by atoms with Crippen LogP contribution in [0.4, 0.5) is 0 Å². The van der Waals surface area contributed by atoms with Gasteiger partial charge in [0.1, 0.15) is 17.1 Å². The Balaban J connectivity index is 1.46. The Morgan fingerprint density at radius 3 is 2.84 bits per heavy atom. The number of imidazole rings is 1. The number of benzene rings is 1. The number of pyridine rings is 1. The molecule has 0 bridgehead atoms. The molecule has 1 aliphatic carbocycles. The van der Waals surface area contributed by atoms with E-state index in [1.807, 2.05) is 72.6 Å². The Morgan fingerprint density at radius 1 is 1.23 bits per heavy atom. The first kappa shape index (κ1) is 21.0. The molecule has 4 rings (SSSR count). The molecule has 2 unspecified atom stereocenters. The Morgan fingerprint density at radius 2 is 2.06 bits per heavy atom. The van der Waals surface area contributed by atoms with Gasteiger partial charge in [-0.3, -0.25) is 15.2 Å². The molecular weight excluding hydrogens is 386 g/mol. The van der Waals surface area contributed by atoms with Gasteiger partial charge >= 0.3 is 0 Å². The van der Waals surface area contributed by atoms with Crippen LogP contribution in [0.5, 0.6) is 0 Å². The Hall–Kier alpha value is -3.28. The molecule has 31 heavy (non-hydrogen) atoms. The Labute approximate surface area is 182 Å². The number of aryl methyl sites for hydroxylation is 2. The van der Waals surface area contributed by atoms with Gasteiger partial charge in [0.15, 0.2) is 5.78 Å². The lowest BCUT2D eigenvalue weighted by molar-refractivity contribution is -0.126. The molecule has 0 saturated carbocycles. The van der Waals surface area contributed by atoms with E-state index in [2.05, 4.69) is 4.98 Å². The van der Waals surface area contributed by atoms with Crippen molar-refractivity contribution in [1.82, 2.24) is 14.5 Å². The number of Topliss-reactive ketones (excluding diaryl/α,β-unsaturated/α-hetero) is 1. The van der Waals surface area contributed by atoms with Gasteiger partial charge in [-0.15, -0.1) is 0 Å². The number of ketones is 1. The van der Waals surface area contributed by atoms with Crippen molar-refractivity contribution in [2.24, 2.45) is 18.2 Å². The molecular formula is C25H29N5O. The third-order valence-electron chi connectivity index (χ3n) is 6.38. The van der Waals surface area contributed by atoms with E-state index in [-0.39, 0.29) is 17.5 Å². The van der Waals surface area contributed by atoms with Crippen LogP contribution in [0.1, 0.15) is 49.5 Å². The third-order valence-corrected chi connectivity index (χ3v) is 6.38. The van der Waals surface area contributed by atoms with E-state index in [0.717, 1.165) is 48.1 Å². The predicted octanol–water partition coefficient (Wildman–Crippen LogP) is 4.31. The fraction of sp³-hybridized carbons (Fsp3) is 0.360. The molecule has 6 heteroatoms. The fourth-order valence-corrected chi connectivity index (χ4v) is 4.50. The van der Waals surface area contributed by atoms with E-state index in [4.69, 9.17) is 16.1 Å². The lowest BCUT2D eigenvalue weighted by atomic mass is 9.68. The van der Waals surface area contributed by atoms with E-state index in [9.17, 15) is 4.79 Å². The number of nitrogens with two attached hydrogens (primary N) is 1. The number of hydrogen-bond acceptors (Lipinski definition) is 4. The number of carbonyl (C=O) groups excluding carboxylic acids is 1. The van der Waals surface area contributed by atoms with E-state index >= 15 is 0 Å². The number of nitrogens with zero attached hydrogens (tertiary/aromatic N) is 3. The van der Waals surface area contributed by atoms with Crippen LogP contribution in [0.3, 0.4) is 0 Å². The van der Waals surface area contributed by atoms with Crippen LogP contribution >= 0.6 is 0 Å². The number of carbonyl (C=O) groups is 1. The molecule has 0 spiro atoms. The maximum atomic E-state index is 13.6. The largest absolute Gasteiger partial charge is 0.387 e. The molecule has 1 aliphatic rings. The number of rotatable bonds is 8. The van der Waals surface area contributed by atoms with Crippen LogP contribution in [0.2, 0.25) is 0 Å². The molecule has 0 amide bonds. The van der Waals surface area contributed by atoms with Crippen molar-refractivity contribution < 1.29 is 4.79 Å². The summed E-state index contributed by atoms with van der Waals surface area (Å²) in [6, 6.07) is 11.8. The van der Waals surface area contributed by atoms with Crippen molar-refractivity contribution in [2.75, 3.05) is 0 Å². The van der Waals surface area contributed by atoms with Gasteiger partial charge in [0.25, 0.3) is 0 Å². The van der Waals surface area contributed by atoms with E-state index in [0.29, 0.717) is 12.8 Å². The van der Waals surface area contributed by atoms with Gasteiger partial charge in [-0.1, -0.05) is 49.3 Å². The molecule has 160 valence electrons. The number of amidine groups is 1. The molecule has 1 aromatic carbocycles. The predicted molar refractivity (Wildman–Crippen MR) is 123 cm³/mol. The van der Waals surface area contributed by atoms with Crippen LogP contribution in [0.25, 0.3) is 10.9 Å². The summed E-state index contributed by atoms with van der Waals surface area (Å²) in [6.45, 7) is 0. The summed E-state index contributed by atoms with van der Waals surface area (Å²) >= 11 is 0. The van der Waals surface area contributed by atoms with Crippen LogP contribution in [0, 0.1) is 10.8 Å². The third kappa shape index (κ3) is 4.15. The standard InChI is InChI=1S/C25H29N5O/c1-30-17-16-28-22(30)11-3-2-6-14-25(24(26)27)15-7-9-19(23(25)31)21-13-12-18-8-4-5-10-20(18)29-21/h4-5,7-8,10,12-13,15-17,19H,2-3,6,9,11,14H2,1H3,(H3,26,27). The zero-order valence-electron chi connectivity index (χ0n) is 17.9. The maximum Gasteiger partial charge on any atom is 0.159 e. The minimum atomic E-state index is -1.03. The first-order valence-corrected chi connectivity index (χ1v) is 10.9. The van der Waals surface area contributed by atoms with Gasteiger partial charge < -0.3 is 10.3 Å². The van der Waals surface area contributed by atoms with Crippen molar-refractivity contribution in [1.29, 1.82) is 5.41 Å². The second kappa shape index (κ2) is 8.84. The summed E-state index contributed by atoms with van der Waals surface area (Å²) in [6.07, 6.45) is 12.5. The molecule has 0 aliphatic heterocycles. The molecule has 6 nitrogen and oxygen atoms in total. The highest BCUT2D eigenvalue weighted by atomic mass is 16.1. The molecule has 2 heterocycles. The summed E-state index contributed by atoms with van der Waals surface area (Å²) in [5, 5.41) is 9.30. The minimum absolute atomic E-state index is 0.00520. The highest BCUT2D eigenvalue weighted by Crippen LogP contribution is 2.40. The number of hydrogen-bond donors (Lipinski definition) is 2. The number of aromatic nitrogens is 3. The molecule has 2 aromatic heterocycles. The number of allylic oxidation sites excluding steroid dienone is 1. The monoisotopic (exact) mass is 415 g/mol. The number of unbranched alkanes of at least 4 members (excludes halogenated alkanes) is 2. The van der Waals surface area contributed by atoms with Crippen molar-refractivity contribution >= 4 is 22.5 Å². The summed E-state index contributed by atoms with van der Waals surface area (Å²) in [5.41, 5.74) is 6.62. The summed E-state index contributed by atoms with van der Waals surface area (Å²) in [4.78, 5) is 22.7. The minimum Gasteiger partial charge on any atom is -0.387 e. The average Bonchev–Trinajstić information content (AvgIpc) is 3.18. The highest BCUT2D eigenvalue weighted by molar-refractivity contribution is 6.11. The Bertz CT molecular complexity index is 1130. The van der Waals surface area contributed by atoms with Crippen LogP contribution < -0.4 is 5.73 Å². The molecule has 0 saturated heterocycles. The molecule has 3 N–H and O–H groups in total. The normalized spacial score (nSPS) is 20.9. The van der Waals surface area contributed by atoms with Crippen LogP contribution in [-0.4, -0.2) is 26.2 Å². The van der Waals surface area contributed by atoms with Gasteiger partial charge in [-0.25, -0.2) is 4.98 Å². The van der Waals surface area contributed by atoms with Gasteiger partial charge in [0.05, 0.1) is 17.1 Å². The second-order valence-corrected chi connectivity index (χ2v) is 8.38. The zero-order chi connectivity index (χ0) is 21.8. The quantitative estimate of drug-likeness (QED) is 0.248. The average molecular weight is 416 g/mol. The zero-order valence-corrected chi connectivity index (χ0v) is 17.9. The lowest BCUT2D eigenvalue weighted by Gasteiger charge is -2.34. The lowest BCUT2D eigenvalue weighted by Crippen LogP contribution is -2.46. The molecule has 2 atom stereocenters. The summed E-state index contributed by atoms with van der Waals surface area (Å²) < 4.78 is 2.03. The first-order valence-electron chi connectivity index (χ1n) is 10.9. The van der Waals surface area contributed by atoms with Gasteiger partial charge in [-0.05, 0) is 31.4 Å². The smallest absolute Gasteiger partial charge is 0.159 e. The maximum absolute atomic E-state index is 13.6. The number of nitrogens with one attached hydrogen (secondary N) is 1. The summed E-state index contributed by atoms with van der Waals surface area (Å²) in [5.74, 6) is 0.626. The fourth-order valence-electron chi connectivity index (χ4n) is 4.50. The van der Waals surface area contributed by atoms with E-state index in [1.54, 1.807) is 0 Å². The van der Waals surface area contributed by atoms with E-state index in [1.165, 1.54) is 0 Å². The van der Waals surface area contributed by atoms with Crippen molar-refractivity contribution in [3.63, 3.8) is 0 Å². The van der Waals surface area contributed by atoms with Crippen molar-refractivity contribution in [2.45, 2.75) is 44.4 Å². The topological polar surface area (TPSA) is 97.7 Å². The van der Waals surface area contributed by atoms with Gasteiger partial charge in [0.2, 0.25) is 0 Å². The molecule has 0 radical (unpaired) electrons. The van der Waals surface area contributed by atoms with E-state index < -0.39 is 5.41 Å². The highest BCUT2D eigenvalue weighted by Gasteiger charge is 2.45. The SMILES string of the molecule is Cn1ccnc1CCCCCC1(C(=N)N)C=CCC(c2ccc3ccccc3n2)C1=O. The van der Waals surface area contributed by atoms with Crippen molar-refractivity contribution in [3.05, 3.63) is 72.5 Å². The van der Waals surface area contributed by atoms with Crippen molar-refractivity contribution in [3.8, 4) is 0 Å². The molecule has 0 fully saturated rings. The first-order chi connectivity index (χ1) is 15.0. The van der Waals surface area contributed by atoms with Gasteiger partial charge in [0, 0.05) is 31.2 Å². The van der Waals surface area contributed by atoms with Crippen LogP contribution in [-0.2, 0) is 18.3 Å². The Kier molecular flexibility index (Phi) is 5.98. The number of fused-ring (bicyclic) bond motifs is 1. The second-order valence-electron chi connectivity index (χ2n) is 8.38. The number of para-hydroxylation sites is 1.